The molecule has 126 valence electrons. The van der Waals surface area contributed by atoms with Crippen molar-refractivity contribution in [1.29, 1.82) is 0 Å². The molecule has 4 N–H and O–H groups in total. The standard InChI is InChI=1S/C16H8O8S/c17-13(18)8-7-5-3-1-2-4-6(5)25-12(7)11(16(23)24)10(15(21)22)9(8)14(19)20/h1-4H,(H,17,18)(H,19,20)(H,21,22)(H,23,24). The maximum absolute atomic E-state index is 11.7. The second-order valence-corrected chi connectivity index (χ2v) is 6.08. The minimum Gasteiger partial charge on any atom is -0.478 e. The minimum absolute atomic E-state index is 0.0894. The Bertz CT molecular complexity index is 1110. The topological polar surface area (TPSA) is 149 Å². The number of hydrogen-bond donors (Lipinski definition) is 4. The van der Waals surface area contributed by atoms with Gasteiger partial charge in [-0.3, -0.25) is 0 Å². The van der Waals surface area contributed by atoms with E-state index in [1.807, 2.05) is 0 Å². The summed E-state index contributed by atoms with van der Waals surface area (Å²) in [7, 11) is 0. The van der Waals surface area contributed by atoms with Crippen molar-refractivity contribution >= 4 is 55.4 Å². The molecule has 0 saturated heterocycles. The quantitative estimate of drug-likeness (QED) is 0.555. The highest BCUT2D eigenvalue weighted by molar-refractivity contribution is 7.26. The zero-order valence-corrected chi connectivity index (χ0v) is 13.0. The lowest BCUT2D eigenvalue weighted by molar-refractivity contribution is 0.0622. The van der Waals surface area contributed by atoms with Gasteiger partial charge in [-0.1, -0.05) is 18.2 Å². The van der Waals surface area contributed by atoms with Gasteiger partial charge in [0.15, 0.2) is 0 Å². The zero-order chi connectivity index (χ0) is 18.5. The molecule has 0 atom stereocenters. The van der Waals surface area contributed by atoms with Crippen molar-refractivity contribution < 1.29 is 39.6 Å². The first-order valence-electron chi connectivity index (χ1n) is 6.70. The molecule has 8 nitrogen and oxygen atoms in total. The molecule has 0 aliphatic heterocycles. The number of hydrogen-bond acceptors (Lipinski definition) is 5. The Morgan fingerprint density at radius 2 is 1.16 bits per heavy atom. The fourth-order valence-corrected chi connectivity index (χ4v) is 4.06. The van der Waals surface area contributed by atoms with E-state index in [0.717, 1.165) is 11.3 Å². The summed E-state index contributed by atoms with van der Waals surface area (Å²) >= 11 is 0.900. The summed E-state index contributed by atoms with van der Waals surface area (Å²) in [6.45, 7) is 0. The Morgan fingerprint density at radius 3 is 1.68 bits per heavy atom. The Balaban J connectivity index is 2.78. The van der Waals surface area contributed by atoms with Crippen LogP contribution in [0.3, 0.4) is 0 Å². The number of aromatic carboxylic acids is 4. The van der Waals surface area contributed by atoms with Crippen molar-refractivity contribution in [1.82, 2.24) is 0 Å². The van der Waals surface area contributed by atoms with Crippen LogP contribution in [0.1, 0.15) is 41.4 Å². The normalized spacial score (nSPS) is 10.9. The van der Waals surface area contributed by atoms with Crippen LogP contribution < -0.4 is 0 Å². The van der Waals surface area contributed by atoms with Crippen molar-refractivity contribution in [2.75, 3.05) is 0 Å². The van der Waals surface area contributed by atoms with Crippen molar-refractivity contribution in [3.05, 3.63) is 46.5 Å². The third-order valence-corrected chi connectivity index (χ3v) is 4.87. The van der Waals surface area contributed by atoms with E-state index in [1.165, 1.54) is 6.07 Å². The average molecular weight is 360 g/mol. The predicted octanol–water partition coefficient (Wildman–Crippen LogP) is 2.85. The van der Waals surface area contributed by atoms with E-state index in [9.17, 15) is 39.6 Å². The first-order valence-corrected chi connectivity index (χ1v) is 7.51. The molecular weight excluding hydrogens is 352 g/mol. The Labute approximate surface area is 142 Å². The molecule has 0 unspecified atom stereocenters. The average Bonchev–Trinajstić information content (AvgIpc) is 2.90. The summed E-state index contributed by atoms with van der Waals surface area (Å²) in [5.41, 5.74) is -3.56. The van der Waals surface area contributed by atoms with Crippen molar-refractivity contribution in [2.45, 2.75) is 0 Å². The summed E-state index contributed by atoms with van der Waals surface area (Å²) in [5.74, 6) is -6.94. The van der Waals surface area contributed by atoms with Crippen molar-refractivity contribution in [3.8, 4) is 0 Å². The van der Waals surface area contributed by atoms with E-state index in [1.54, 1.807) is 18.2 Å². The Hall–Kier alpha value is -3.46. The molecule has 0 radical (unpaired) electrons. The molecule has 0 aliphatic carbocycles. The number of benzene rings is 2. The third-order valence-electron chi connectivity index (χ3n) is 3.68. The number of thiophene rings is 1. The second kappa shape index (κ2) is 5.56. The maximum Gasteiger partial charge on any atom is 0.338 e. The SMILES string of the molecule is O=C(O)c1c(C(=O)O)c(C(=O)O)c2c(sc3ccccc32)c1C(=O)O. The Morgan fingerprint density at radius 1 is 0.680 bits per heavy atom. The molecule has 0 spiro atoms. The second-order valence-electron chi connectivity index (χ2n) is 5.02. The largest absolute Gasteiger partial charge is 0.478 e. The molecule has 0 saturated carbocycles. The predicted molar refractivity (Wildman–Crippen MR) is 87.2 cm³/mol. The van der Waals surface area contributed by atoms with Gasteiger partial charge in [0.1, 0.15) is 0 Å². The molecule has 0 amide bonds. The summed E-state index contributed by atoms with van der Waals surface area (Å²) in [4.78, 5) is 46.6. The molecule has 0 aliphatic rings. The fraction of sp³-hybridized carbons (Fsp3) is 0. The van der Waals surface area contributed by atoms with Crippen LogP contribution in [0, 0.1) is 0 Å². The molecule has 9 heteroatoms. The number of carboxylic acids is 4. The van der Waals surface area contributed by atoms with E-state index in [-0.39, 0.29) is 10.1 Å². The lowest BCUT2D eigenvalue weighted by atomic mass is 9.91. The first kappa shape index (κ1) is 16.4. The van der Waals surface area contributed by atoms with E-state index in [0.29, 0.717) is 10.1 Å². The first-order chi connectivity index (χ1) is 11.8. The smallest absolute Gasteiger partial charge is 0.338 e. The zero-order valence-electron chi connectivity index (χ0n) is 12.1. The van der Waals surface area contributed by atoms with Crippen molar-refractivity contribution in [2.24, 2.45) is 0 Å². The van der Waals surface area contributed by atoms with Crippen LogP contribution in [0.4, 0.5) is 0 Å². The molecule has 3 aromatic rings. The highest BCUT2D eigenvalue weighted by Gasteiger charge is 2.34. The number of carboxylic acid groups (broad SMARTS) is 4. The van der Waals surface area contributed by atoms with Crippen LogP contribution in [0.15, 0.2) is 24.3 Å². The van der Waals surface area contributed by atoms with Crippen LogP contribution in [0.2, 0.25) is 0 Å². The molecule has 0 bridgehead atoms. The van der Waals surface area contributed by atoms with Crippen molar-refractivity contribution in [3.63, 3.8) is 0 Å². The third kappa shape index (κ3) is 2.29. The van der Waals surface area contributed by atoms with E-state index in [4.69, 9.17) is 0 Å². The maximum atomic E-state index is 11.7. The van der Waals surface area contributed by atoms with Gasteiger partial charge in [-0.15, -0.1) is 11.3 Å². The fourth-order valence-electron chi connectivity index (χ4n) is 2.80. The molecule has 0 fully saturated rings. The van der Waals surface area contributed by atoms with E-state index < -0.39 is 46.1 Å². The lowest BCUT2D eigenvalue weighted by Crippen LogP contribution is -2.19. The summed E-state index contributed by atoms with van der Waals surface area (Å²) in [5, 5.41) is 38.0. The van der Waals surface area contributed by atoms with Gasteiger partial charge in [0, 0.05) is 15.5 Å². The van der Waals surface area contributed by atoms with Gasteiger partial charge in [0.05, 0.1) is 27.0 Å². The Kier molecular flexibility index (Phi) is 3.65. The summed E-state index contributed by atoms with van der Waals surface area (Å²) in [6.07, 6.45) is 0. The van der Waals surface area contributed by atoms with Crippen LogP contribution in [0.5, 0.6) is 0 Å². The number of fused-ring (bicyclic) bond motifs is 3. The van der Waals surface area contributed by atoms with Gasteiger partial charge in [0.25, 0.3) is 0 Å². The minimum atomic E-state index is -1.82. The van der Waals surface area contributed by atoms with E-state index in [2.05, 4.69) is 0 Å². The van der Waals surface area contributed by atoms with Gasteiger partial charge < -0.3 is 20.4 Å². The van der Waals surface area contributed by atoms with Gasteiger partial charge in [-0.2, -0.15) is 0 Å². The number of carbonyl (C=O) groups is 4. The summed E-state index contributed by atoms with van der Waals surface area (Å²) < 4.78 is 0.426. The van der Waals surface area contributed by atoms with Crippen LogP contribution in [-0.2, 0) is 0 Å². The van der Waals surface area contributed by atoms with Gasteiger partial charge in [-0.25, -0.2) is 19.2 Å². The molecular formula is C16H8O8S. The molecule has 25 heavy (non-hydrogen) atoms. The molecule has 3 rings (SSSR count). The van der Waals surface area contributed by atoms with Crippen LogP contribution >= 0.6 is 11.3 Å². The number of rotatable bonds is 4. The van der Waals surface area contributed by atoms with E-state index >= 15 is 0 Å². The highest BCUT2D eigenvalue weighted by Crippen LogP contribution is 2.41. The lowest BCUT2D eigenvalue weighted by Gasteiger charge is -2.12. The van der Waals surface area contributed by atoms with Crippen LogP contribution in [-0.4, -0.2) is 44.3 Å². The molecule has 1 aromatic heterocycles. The molecule has 1 heterocycles. The molecule has 2 aromatic carbocycles. The monoisotopic (exact) mass is 360 g/mol. The highest BCUT2D eigenvalue weighted by atomic mass is 32.1. The van der Waals surface area contributed by atoms with Gasteiger partial charge in [-0.05, 0) is 6.07 Å². The van der Waals surface area contributed by atoms with Gasteiger partial charge in [0.2, 0.25) is 0 Å². The van der Waals surface area contributed by atoms with Gasteiger partial charge >= 0.3 is 23.9 Å². The summed E-state index contributed by atoms with van der Waals surface area (Å²) in [6, 6.07) is 6.37. The van der Waals surface area contributed by atoms with Crippen LogP contribution in [0.25, 0.3) is 20.2 Å².